The maximum Gasteiger partial charge on any atom is 0.409 e. The van der Waals surface area contributed by atoms with Gasteiger partial charge >= 0.3 is 6.09 Å². The highest BCUT2D eigenvalue weighted by Crippen LogP contribution is 2.40. The summed E-state index contributed by atoms with van der Waals surface area (Å²) >= 11 is 6.59. The van der Waals surface area contributed by atoms with Gasteiger partial charge in [-0.05, 0) is 49.8 Å². The van der Waals surface area contributed by atoms with Crippen LogP contribution in [-0.4, -0.2) is 78.2 Å². The van der Waals surface area contributed by atoms with Crippen LogP contribution >= 0.6 is 11.6 Å². The van der Waals surface area contributed by atoms with E-state index < -0.39 is 53.5 Å². The lowest BCUT2D eigenvalue weighted by atomic mass is 9.71. The molecule has 2 amide bonds. The van der Waals surface area contributed by atoms with Crippen molar-refractivity contribution in [2.75, 3.05) is 26.2 Å². The van der Waals surface area contributed by atoms with Gasteiger partial charge in [-0.15, -0.1) is 0 Å². The maximum absolute atomic E-state index is 13.4. The Balaban J connectivity index is 2.14. The monoisotopic (exact) mass is 594 g/mol. The first kappa shape index (κ1) is 32.9. The molecule has 7 unspecified atom stereocenters. The number of carbonyl (C=O) groups excluding carboxylic acids is 2. The van der Waals surface area contributed by atoms with Crippen LogP contribution in [0.3, 0.4) is 0 Å². The molecule has 11 heteroatoms. The number of alkyl carbamates (subject to hydrolysis) is 1. The molecule has 0 aliphatic carbocycles. The van der Waals surface area contributed by atoms with Crippen molar-refractivity contribution < 1.29 is 39.1 Å². The number of hydrogen-bond acceptors (Lipinski definition) is 8. The van der Waals surface area contributed by atoms with Crippen molar-refractivity contribution in [1.29, 1.82) is 0 Å². The summed E-state index contributed by atoms with van der Waals surface area (Å²) in [5, 5.41) is 37.1. The molecule has 10 nitrogen and oxygen atoms in total. The van der Waals surface area contributed by atoms with Gasteiger partial charge in [0.2, 0.25) is 5.91 Å². The van der Waals surface area contributed by atoms with E-state index in [9.17, 15) is 24.9 Å². The molecule has 0 saturated carbocycles. The number of halogens is 1. The topological polar surface area (TPSA) is 138 Å². The normalized spacial score (nSPS) is 33.6. The fourth-order valence-electron chi connectivity index (χ4n) is 5.96. The van der Waals surface area contributed by atoms with Crippen molar-refractivity contribution in [2.45, 2.75) is 83.0 Å². The maximum atomic E-state index is 13.4. The Morgan fingerprint density at radius 2 is 1.93 bits per heavy atom. The Morgan fingerprint density at radius 3 is 2.54 bits per heavy atom. The lowest BCUT2D eigenvalue weighted by Crippen LogP contribution is -2.64. The van der Waals surface area contributed by atoms with E-state index in [1.165, 1.54) is 26.0 Å². The number of carbonyl (C=O) groups is 2. The van der Waals surface area contributed by atoms with Crippen LogP contribution < -0.4 is 15.0 Å². The molecular weight excluding hydrogens is 552 g/mol. The van der Waals surface area contributed by atoms with Crippen LogP contribution in [0.5, 0.6) is 5.75 Å². The second kappa shape index (κ2) is 13.1. The van der Waals surface area contributed by atoms with E-state index in [-0.39, 0.29) is 17.9 Å². The van der Waals surface area contributed by atoms with Crippen molar-refractivity contribution >= 4 is 29.3 Å². The Hall–Kier alpha value is -2.63. The summed E-state index contributed by atoms with van der Waals surface area (Å²) in [4.78, 5) is 27.3. The van der Waals surface area contributed by atoms with Crippen LogP contribution in [0.15, 0.2) is 35.9 Å². The summed E-state index contributed by atoms with van der Waals surface area (Å²) in [6.45, 7) is 7.03. The van der Waals surface area contributed by atoms with Gasteiger partial charge < -0.3 is 34.4 Å². The highest BCUT2D eigenvalue weighted by atomic mass is 35.5. The van der Waals surface area contributed by atoms with Crippen LogP contribution in [-0.2, 0) is 20.7 Å². The number of aliphatic hydroxyl groups excluding tert-OH is 1. The van der Waals surface area contributed by atoms with Gasteiger partial charge in [0.1, 0.15) is 23.0 Å². The van der Waals surface area contributed by atoms with Gasteiger partial charge in [-0.25, -0.2) is 4.79 Å². The largest absolute Gasteiger partial charge is 0.495 e. The highest BCUT2D eigenvalue weighted by Gasteiger charge is 2.50. The third-order valence-electron chi connectivity index (χ3n) is 8.45. The van der Waals surface area contributed by atoms with Crippen molar-refractivity contribution in [2.24, 2.45) is 11.8 Å². The summed E-state index contributed by atoms with van der Waals surface area (Å²) in [5.74, 6) is -1.17. The summed E-state index contributed by atoms with van der Waals surface area (Å²) < 4.78 is 16.6. The molecule has 41 heavy (non-hydrogen) atoms. The summed E-state index contributed by atoms with van der Waals surface area (Å²) in [6.07, 6.45) is 1.75. The van der Waals surface area contributed by atoms with E-state index in [1.54, 1.807) is 38.3 Å². The Bertz CT molecular complexity index is 1190. The Kier molecular flexibility index (Phi) is 10.5. The number of amides is 2. The number of ether oxygens (including phenoxy) is 3. The highest BCUT2D eigenvalue weighted by molar-refractivity contribution is 6.35. The minimum Gasteiger partial charge on any atom is -0.495 e. The Labute approximate surface area is 246 Å². The molecule has 4 bridgehead atoms. The predicted molar refractivity (Wildman–Crippen MR) is 156 cm³/mol. The molecule has 2 aliphatic heterocycles. The fraction of sp³-hybridized carbons (Fsp3) is 0.600. The second-order valence-corrected chi connectivity index (χ2v) is 11.7. The van der Waals surface area contributed by atoms with Crippen molar-refractivity contribution in [1.82, 2.24) is 5.32 Å². The molecule has 2 heterocycles. The predicted octanol–water partition coefficient (Wildman–Crippen LogP) is 3.74. The molecular formula is C30H43ClN2O8. The smallest absolute Gasteiger partial charge is 0.409 e. The van der Waals surface area contributed by atoms with E-state index in [0.717, 1.165) is 11.1 Å². The van der Waals surface area contributed by atoms with Gasteiger partial charge in [0.25, 0.3) is 0 Å². The number of fused-ring (bicyclic) bond motifs is 4. The number of hydrogen-bond donors (Lipinski definition) is 4. The lowest BCUT2D eigenvalue weighted by Gasteiger charge is -2.46. The zero-order chi connectivity index (χ0) is 30.7. The van der Waals surface area contributed by atoms with Crippen LogP contribution in [0.4, 0.5) is 10.5 Å². The molecule has 0 spiro atoms. The van der Waals surface area contributed by atoms with E-state index >= 15 is 0 Å². The second-order valence-electron chi connectivity index (χ2n) is 11.3. The molecule has 0 aromatic heterocycles. The molecule has 1 aromatic carbocycles. The van der Waals surface area contributed by atoms with Crippen LogP contribution in [0.25, 0.3) is 0 Å². The third-order valence-corrected chi connectivity index (χ3v) is 8.83. The molecule has 0 radical (unpaired) electrons. The minimum atomic E-state index is -1.79. The van der Waals surface area contributed by atoms with Gasteiger partial charge in [0.15, 0.2) is 5.72 Å². The number of methoxy groups -OCH3 is 2. The van der Waals surface area contributed by atoms with Crippen LogP contribution in [0.2, 0.25) is 5.02 Å². The number of anilines is 1. The standard InChI is InChI=1S/C30H43ClN2O8/c1-8-20-18(3)23-16-30(38,32-28(36)41-23)25(40-7)11-9-10-17(2)12-19-13-21(27(31)22(14-19)39-6)33(5)26(35)15-24(34)29(20,4)37/h9-11,13-14,18,20,23-25,34,37-38H,8,12,15-16H2,1-7H3,(H,32,36). The number of nitrogens with one attached hydrogen (secondary N) is 1. The zero-order valence-electron chi connectivity index (χ0n) is 24.8. The van der Waals surface area contributed by atoms with Gasteiger partial charge in [-0.3, -0.25) is 10.1 Å². The molecule has 3 rings (SSSR count). The van der Waals surface area contributed by atoms with E-state index in [2.05, 4.69) is 5.32 Å². The first-order valence-electron chi connectivity index (χ1n) is 13.8. The number of aliphatic hydroxyl groups is 3. The molecule has 1 aromatic rings. The fourth-order valence-corrected chi connectivity index (χ4v) is 6.27. The number of rotatable bonds is 3. The van der Waals surface area contributed by atoms with Crippen LogP contribution in [0.1, 0.15) is 52.5 Å². The summed E-state index contributed by atoms with van der Waals surface area (Å²) in [5.41, 5.74) is -1.34. The summed E-state index contributed by atoms with van der Waals surface area (Å²) in [6, 6.07) is 3.58. The third kappa shape index (κ3) is 7.06. The van der Waals surface area contributed by atoms with Crippen molar-refractivity contribution in [3.63, 3.8) is 0 Å². The number of nitrogens with zero attached hydrogens (tertiary/aromatic N) is 1. The number of allylic oxidation sites excluding steroid dienone is 3. The molecule has 2 aliphatic rings. The average Bonchev–Trinajstić information content (AvgIpc) is 2.90. The first-order valence-corrected chi connectivity index (χ1v) is 14.2. The Morgan fingerprint density at radius 1 is 1.24 bits per heavy atom. The molecule has 1 fully saturated rings. The van der Waals surface area contributed by atoms with Crippen molar-refractivity contribution in [3.8, 4) is 5.75 Å². The van der Waals surface area contributed by atoms with Gasteiger partial charge in [-0.1, -0.05) is 55.7 Å². The SMILES string of the molecule is CCC1C(C)C2CC(O)(NC(=O)O2)C(OC)C=CC=C(C)Cc2cc(OC)c(Cl)c(c2)N(C)C(=O)CC(O)C1(C)O. The zero-order valence-corrected chi connectivity index (χ0v) is 25.6. The van der Waals surface area contributed by atoms with Gasteiger partial charge in [0.05, 0.1) is 30.9 Å². The molecule has 1 saturated heterocycles. The van der Waals surface area contributed by atoms with Gasteiger partial charge in [0, 0.05) is 20.6 Å². The van der Waals surface area contributed by atoms with Crippen molar-refractivity contribution in [3.05, 3.63) is 46.5 Å². The minimum absolute atomic E-state index is 0.0279. The lowest BCUT2D eigenvalue weighted by molar-refractivity contribution is -0.166. The average molecular weight is 595 g/mol. The summed E-state index contributed by atoms with van der Waals surface area (Å²) in [7, 11) is 4.48. The number of benzene rings is 1. The van der Waals surface area contributed by atoms with Gasteiger partial charge in [-0.2, -0.15) is 0 Å². The van der Waals surface area contributed by atoms with E-state index in [0.29, 0.717) is 24.3 Å². The molecule has 228 valence electrons. The molecule has 4 N–H and O–H groups in total. The van der Waals surface area contributed by atoms with Crippen LogP contribution in [0, 0.1) is 11.8 Å². The van der Waals surface area contributed by atoms with E-state index in [4.69, 9.17) is 25.8 Å². The first-order chi connectivity index (χ1) is 19.2. The quantitative estimate of drug-likeness (QED) is 0.415. The van der Waals surface area contributed by atoms with E-state index in [1.807, 2.05) is 19.9 Å². The molecule has 7 atom stereocenters.